The Morgan fingerprint density at radius 3 is 2.20 bits per heavy atom. The first-order chi connectivity index (χ1) is 9.42. The van der Waals surface area contributed by atoms with E-state index < -0.39 is 11.7 Å². The van der Waals surface area contributed by atoms with Crippen molar-refractivity contribution in [2.45, 2.75) is 58.1 Å². The molecule has 0 aliphatic heterocycles. The Bertz CT molecular complexity index is 443. The zero-order valence-electron chi connectivity index (χ0n) is 12.5. The molecule has 0 unspecified atom stereocenters. The molecule has 1 saturated carbocycles. The summed E-state index contributed by atoms with van der Waals surface area (Å²) in [5, 5.41) is 6.25. The highest BCUT2D eigenvalue weighted by atomic mass is 16.6. The van der Waals surface area contributed by atoms with Crippen LogP contribution in [0.15, 0.2) is 24.3 Å². The Labute approximate surface area is 120 Å². The van der Waals surface area contributed by atoms with Crippen molar-refractivity contribution in [3.8, 4) is 0 Å². The van der Waals surface area contributed by atoms with Crippen LogP contribution in [0.4, 0.5) is 16.2 Å². The van der Waals surface area contributed by atoms with E-state index in [-0.39, 0.29) is 0 Å². The number of rotatable bonds is 3. The van der Waals surface area contributed by atoms with Gasteiger partial charge in [0, 0.05) is 17.4 Å². The van der Waals surface area contributed by atoms with Crippen LogP contribution in [0, 0.1) is 0 Å². The number of benzene rings is 1. The normalized spacial score (nSPS) is 15.9. The number of carbonyl (C=O) groups excluding carboxylic acids is 1. The van der Waals surface area contributed by atoms with E-state index in [2.05, 4.69) is 10.6 Å². The van der Waals surface area contributed by atoms with Crippen LogP contribution < -0.4 is 10.6 Å². The van der Waals surface area contributed by atoms with E-state index in [1.54, 1.807) is 0 Å². The van der Waals surface area contributed by atoms with Crippen molar-refractivity contribution in [2.75, 3.05) is 10.6 Å². The fraction of sp³-hybridized carbons (Fsp3) is 0.562. The van der Waals surface area contributed by atoms with Gasteiger partial charge in [-0.1, -0.05) is 12.8 Å². The van der Waals surface area contributed by atoms with E-state index in [0.29, 0.717) is 6.04 Å². The van der Waals surface area contributed by atoms with Gasteiger partial charge in [-0.2, -0.15) is 0 Å². The maximum absolute atomic E-state index is 11.6. The minimum Gasteiger partial charge on any atom is -0.444 e. The van der Waals surface area contributed by atoms with Gasteiger partial charge < -0.3 is 10.1 Å². The lowest BCUT2D eigenvalue weighted by molar-refractivity contribution is 0.0636. The van der Waals surface area contributed by atoms with Crippen LogP contribution in [-0.4, -0.2) is 17.7 Å². The highest BCUT2D eigenvalue weighted by Crippen LogP contribution is 2.23. The van der Waals surface area contributed by atoms with Gasteiger partial charge in [-0.15, -0.1) is 0 Å². The lowest BCUT2D eigenvalue weighted by Gasteiger charge is -2.20. The quantitative estimate of drug-likeness (QED) is 0.861. The molecule has 1 fully saturated rings. The average molecular weight is 276 g/mol. The lowest BCUT2D eigenvalue weighted by atomic mass is 10.2. The van der Waals surface area contributed by atoms with Crippen molar-refractivity contribution in [3.63, 3.8) is 0 Å². The van der Waals surface area contributed by atoms with E-state index in [0.717, 1.165) is 11.4 Å². The predicted octanol–water partition coefficient (Wildman–Crippen LogP) is 4.39. The van der Waals surface area contributed by atoms with Crippen molar-refractivity contribution in [3.05, 3.63) is 24.3 Å². The van der Waals surface area contributed by atoms with Gasteiger partial charge in [0.25, 0.3) is 0 Å². The Balaban J connectivity index is 1.86. The summed E-state index contributed by atoms with van der Waals surface area (Å²) in [5.41, 5.74) is 1.37. The first-order valence-electron chi connectivity index (χ1n) is 7.29. The van der Waals surface area contributed by atoms with E-state index in [4.69, 9.17) is 4.74 Å². The number of nitrogens with one attached hydrogen (secondary N) is 2. The molecule has 2 N–H and O–H groups in total. The second-order valence-corrected chi connectivity index (χ2v) is 6.33. The summed E-state index contributed by atoms with van der Waals surface area (Å²) in [7, 11) is 0. The summed E-state index contributed by atoms with van der Waals surface area (Å²) in [4.78, 5) is 11.6. The van der Waals surface area contributed by atoms with Gasteiger partial charge in [0.2, 0.25) is 0 Å². The molecule has 4 heteroatoms. The molecule has 0 spiro atoms. The monoisotopic (exact) mass is 276 g/mol. The molecule has 0 atom stereocenters. The molecule has 1 amide bonds. The van der Waals surface area contributed by atoms with Crippen molar-refractivity contribution in [2.24, 2.45) is 0 Å². The van der Waals surface area contributed by atoms with Gasteiger partial charge in [-0.05, 0) is 57.9 Å². The second-order valence-electron chi connectivity index (χ2n) is 6.33. The van der Waals surface area contributed by atoms with Crippen molar-refractivity contribution < 1.29 is 9.53 Å². The molecule has 0 radical (unpaired) electrons. The molecule has 1 aliphatic carbocycles. The van der Waals surface area contributed by atoms with Crippen LogP contribution in [0.1, 0.15) is 46.5 Å². The minimum absolute atomic E-state index is 0.422. The second kappa shape index (κ2) is 6.16. The van der Waals surface area contributed by atoms with Crippen molar-refractivity contribution in [1.82, 2.24) is 0 Å². The largest absolute Gasteiger partial charge is 0.444 e. The lowest BCUT2D eigenvalue weighted by Crippen LogP contribution is -2.27. The number of hydrogen-bond donors (Lipinski definition) is 2. The summed E-state index contributed by atoms with van der Waals surface area (Å²) < 4.78 is 5.21. The molecule has 20 heavy (non-hydrogen) atoms. The number of hydrogen-bond acceptors (Lipinski definition) is 3. The van der Waals surface area contributed by atoms with Crippen LogP contribution in [0.25, 0.3) is 0 Å². The minimum atomic E-state index is -0.478. The number of carbonyl (C=O) groups is 1. The zero-order valence-corrected chi connectivity index (χ0v) is 12.5. The molecule has 110 valence electrons. The fourth-order valence-corrected chi connectivity index (χ4v) is 2.38. The molecule has 0 saturated heterocycles. The van der Waals surface area contributed by atoms with Crippen LogP contribution in [0.3, 0.4) is 0 Å². The molecule has 1 aromatic rings. The molecule has 4 nitrogen and oxygen atoms in total. The molecule has 2 rings (SSSR count). The SMILES string of the molecule is CC(C)(C)OC(=O)Nc1ccc(NC2CCCC2)cc1. The summed E-state index contributed by atoms with van der Waals surface area (Å²) >= 11 is 0. The van der Waals surface area contributed by atoms with Crippen molar-refractivity contribution >= 4 is 17.5 Å². The standard InChI is InChI=1S/C16H24N2O2/c1-16(2,3)20-15(19)18-14-10-8-13(9-11-14)17-12-6-4-5-7-12/h8-12,17H,4-7H2,1-3H3,(H,18,19). The number of anilines is 2. The fourth-order valence-electron chi connectivity index (χ4n) is 2.38. The molecule has 0 bridgehead atoms. The summed E-state index contributed by atoms with van der Waals surface area (Å²) in [5.74, 6) is 0. The number of ether oxygens (including phenoxy) is 1. The number of amides is 1. The van der Waals surface area contributed by atoms with Gasteiger partial charge >= 0.3 is 6.09 Å². The van der Waals surface area contributed by atoms with Gasteiger partial charge in [0.1, 0.15) is 5.60 Å². The topological polar surface area (TPSA) is 50.4 Å². The van der Waals surface area contributed by atoms with Crippen molar-refractivity contribution in [1.29, 1.82) is 0 Å². The highest BCUT2D eigenvalue weighted by molar-refractivity contribution is 5.85. The van der Waals surface area contributed by atoms with Gasteiger partial charge in [-0.25, -0.2) is 4.79 Å². The van der Waals surface area contributed by atoms with Crippen LogP contribution in [-0.2, 0) is 4.74 Å². The maximum atomic E-state index is 11.6. The molecular formula is C16H24N2O2. The third kappa shape index (κ3) is 4.76. The van der Waals surface area contributed by atoms with E-state index in [9.17, 15) is 4.79 Å². The Morgan fingerprint density at radius 1 is 1.10 bits per heavy atom. The first kappa shape index (κ1) is 14.7. The molecule has 0 heterocycles. The van der Waals surface area contributed by atoms with E-state index in [1.807, 2.05) is 45.0 Å². The highest BCUT2D eigenvalue weighted by Gasteiger charge is 2.16. The van der Waals surface area contributed by atoms with Crippen LogP contribution >= 0.6 is 0 Å². The zero-order chi connectivity index (χ0) is 14.6. The maximum Gasteiger partial charge on any atom is 0.412 e. The molecule has 1 aromatic carbocycles. The first-order valence-corrected chi connectivity index (χ1v) is 7.29. The van der Waals surface area contributed by atoms with Gasteiger partial charge in [-0.3, -0.25) is 5.32 Å². The predicted molar refractivity (Wildman–Crippen MR) is 82.2 cm³/mol. The Kier molecular flexibility index (Phi) is 4.53. The Hall–Kier alpha value is -1.71. The third-order valence-corrected chi connectivity index (χ3v) is 3.26. The average Bonchev–Trinajstić information content (AvgIpc) is 2.82. The molecular weight excluding hydrogens is 252 g/mol. The smallest absolute Gasteiger partial charge is 0.412 e. The summed E-state index contributed by atoms with van der Waals surface area (Å²) in [6.45, 7) is 5.55. The van der Waals surface area contributed by atoms with Gasteiger partial charge in [0.05, 0.1) is 0 Å². The van der Waals surface area contributed by atoms with E-state index >= 15 is 0 Å². The van der Waals surface area contributed by atoms with Crippen LogP contribution in [0.2, 0.25) is 0 Å². The summed E-state index contributed by atoms with van der Waals surface area (Å²) in [6, 6.07) is 8.36. The van der Waals surface area contributed by atoms with Crippen LogP contribution in [0.5, 0.6) is 0 Å². The molecule has 1 aliphatic rings. The van der Waals surface area contributed by atoms with E-state index in [1.165, 1.54) is 25.7 Å². The molecule has 0 aromatic heterocycles. The Morgan fingerprint density at radius 2 is 1.65 bits per heavy atom. The third-order valence-electron chi connectivity index (χ3n) is 3.26. The van der Waals surface area contributed by atoms with Gasteiger partial charge in [0.15, 0.2) is 0 Å². The summed E-state index contributed by atoms with van der Waals surface area (Å²) in [6.07, 6.45) is 4.70.